The lowest BCUT2D eigenvalue weighted by Gasteiger charge is -2.19. The number of unbranched alkanes of at least 4 members (excludes halogenated alkanes) is 15. The number of hydrogen-bond acceptors (Lipinski definition) is 3. The number of esters is 1. The molecule has 1 rings (SSSR count). The van der Waals surface area contributed by atoms with Gasteiger partial charge in [-0.25, -0.2) is 13.6 Å². The summed E-state index contributed by atoms with van der Waals surface area (Å²) in [6.07, 6.45) is 20.7. The van der Waals surface area contributed by atoms with Crippen LogP contribution in [0.2, 0.25) is 0 Å². The number of rotatable bonds is 22. The van der Waals surface area contributed by atoms with Gasteiger partial charge >= 0.3 is 5.97 Å². The number of benzene rings is 1. The minimum Gasteiger partial charge on any atom is -0.464 e. The van der Waals surface area contributed by atoms with Crippen molar-refractivity contribution in [2.24, 2.45) is 5.92 Å². The van der Waals surface area contributed by atoms with Gasteiger partial charge in [-0.3, -0.25) is 4.79 Å². The minimum absolute atomic E-state index is 0.0962. The van der Waals surface area contributed by atoms with Crippen molar-refractivity contribution < 1.29 is 23.1 Å². The van der Waals surface area contributed by atoms with E-state index in [-0.39, 0.29) is 12.5 Å². The molecule has 0 aromatic heterocycles. The van der Waals surface area contributed by atoms with Crippen LogP contribution in [0.4, 0.5) is 8.78 Å². The van der Waals surface area contributed by atoms with Crippen molar-refractivity contribution in [2.75, 3.05) is 6.61 Å². The first kappa shape index (κ1) is 33.0. The summed E-state index contributed by atoms with van der Waals surface area (Å²) in [5.41, 5.74) is -0.679. The van der Waals surface area contributed by atoms with E-state index >= 15 is 0 Å². The molecule has 0 bridgehead atoms. The van der Waals surface area contributed by atoms with Crippen LogP contribution in [0, 0.1) is 17.6 Å². The highest BCUT2D eigenvalue weighted by Gasteiger charge is 2.26. The molecular formula is C31H51F2NO3. The van der Waals surface area contributed by atoms with E-state index in [1.165, 1.54) is 89.5 Å². The second-order valence-corrected chi connectivity index (χ2v) is 10.7. The second-order valence-electron chi connectivity index (χ2n) is 10.7. The minimum atomic E-state index is -0.956. The third kappa shape index (κ3) is 15.8. The summed E-state index contributed by atoms with van der Waals surface area (Å²) in [6, 6.07) is 2.29. The van der Waals surface area contributed by atoms with Gasteiger partial charge in [-0.1, -0.05) is 123 Å². The van der Waals surface area contributed by atoms with Crippen molar-refractivity contribution in [1.29, 1.82) is 0 Å². The molecule has 212 valence electrons. The largest absolute Gasteiger partial charge is 0.464 e. The fourth-order valence-electron chi connectivity index (χ4n) is 4.55. The van der Waals surface area contributed by atoms with Gasteiger partial charge in [0.05, 0.1) is 6.61 Å². The number of nitrogens with one attached hydrogen (secondary N) is 1. The Kier molecular flexibility index (Phi) is 18.8. The Labute approximate surface area is 224 Å². The molecule has 1 atom stereocenters. The highest BCUT2D eigenvalue weighted by Crippen LogP contribution is 2.15. The van der Waals surface area contributed by atoms with E-state index in [2.05, 4.69) is 12.2 Å². The van der Waals surface area contributed by atoms with Gasteiger partial charge in [-0.05, 0) is 30.9 Å². The summed E-state index contributed by atoms with van der Waals surface area (Å²) in [5.74, 6) is -3.32. The molecule has 4 nitrogen and oxygen atoms in total. The van der Waals surface area contributed by atoms with Crippen LogP contribution in [0.5, 0.6) is 0 Å². The summed E-state index contributed by atoms with van der Waals surface area (Å²) in [6.45, 7) is 6.36. The Hall–Kier alpha value is -1.98. The van der Waals surface area contributed by atoms with E-state index < -0.39 is 35.1 Å². The molecule has 0 radical (unpaired) electrons. The van der Waals surface area contributed by atoms with Crippen LogP contribution >= 0.6 is 0 Å². The summed E-state index contributed by atoms with van der Waals surface area (Å²) < 4.78 is 33.2. The third-order valence-electron chi connectivity index (χ3n) is 6.73. The quantitative estimate of drug-likeness (QED) is 0.122. The zero-order valence-electron chi connectivity index (χ0n) is 23.6. The molecule has 1 aromatic rings. The number of carbonyl (C=O) groups is 2. The summed E-state index contributed by atoms with van der Waals surface area (Å²) >= 11 is 0. The molecular weight excluding hydrogens is 472 g/mol. The lowest BCUT2D eigenvalue weighted by atomic mass is 10.0. The molecule has 1 amide bonds. The lowest BCUT2D eigenvalue weighted by molar-refractivity contribution is -0.146. The molecule has 6 heteroatoms. The number of ether oxygens (including phenoxy) is 1. The van der Waals surface area contributed by atoms with Gasteiger partial charge in [0.1, 0.15) is 23.2 Å². The van der Waals surface area contributed by atoms with Gasteiger partial charge in [-0.15, -0.1) is 0 Å². The molecule has 0 spiro atoms. The molecule has 0 aliphatic carbocycles. The number of amides is 1. The second kappa shape index (κ2) is 21.0. The summed E-state index contributed by atoms with van der Waals surface area (Å²) in [4.78, 5) is 25.0. The van der Waals surface area contributed by atoms with Gasteiger partial charge in [0.2, 0.25) is 0 Å². The van der Waals surface area contributed by atoms with Crippen LogP contribution in [0.25, 0.3) is 0 Å². The molecule has 0 fully saturated rings. The first-order chi connectivity index (χ1) is 17.9. The average Bonchev–Trinajstić information content (AvgIpc) is 2.85. The van der Waals surface area contributed by atoms with Crippen molar-refractivity contribution in [1.82, 2.24) is 5.32 Å². The van der Waals surface area contributed by atoms with Crippen LogP contribution in [-0.2, 0) is 9.53 Å². The Morgan fingerprint density at radius 2 is 1.19 bits per heavy atom. The van der Waals surface area contributed by atoms with Crippen LogP contribution < -0.4 is 5.32 Å². The maximum atomic E-state index is 13.9. The molecule has 0 aliphatic rings. The number of hydrogen-bond donors (Lipinski definition) is 1. The molecule has 37 heavy (non-hydrogen) atoms. The van der Waals surface area contributed by atoms with Crippen molar-refractivity contribution in [2.45, 2.75) is 136 Å². The van der Waals surface area contributed by atoms with Gasteiger partial charge in [-0.2, -0.15) is 0 Å². The maximum absolute atomic E-state index is 13.9. The predicted molar refractivity (Wildman–Crippen MR) is 148 cm³/mol. The van der Waals surface area contributed by atoms with E-state index in [1.54, 1.807) is 0 Å². The van der Waals surface area contributed by atoms with Gasteiger partial charge in [0, 0.05) is 0 Å². The van der Waals surface area contributed by atoms with Crippen LogP contribution in [-0.4, -0.2) is 24.5 Å². The van der Waals surface area contributed by atoms with Gasteiger partial charge < -0.3 is 10.1 Å². The van der Waals surface area contributed by atoms with E-state index in [9.17, 15) is 18.4 Å². The van der Waals surface area contributed by atoms with Crippen molar-refractivity contribution in [3.63, 3.8) is 0 Å². The van der Waals surface area contributed by atoms with Crippen LogP contribution in [0.15, 0.2) is 18.2 Å². The highest BCUT2D eigenvalue weighted by atomic mass is 19.1. The molecule has 1 unspecified atom stereocenters. The zero-order chi connectivity index (χ0) is 27.3. The third-order valence-corrected chi connectivity index (χ3v) is 6.73. The van der Waals surface area contributed by atoms with Crippen molar-refractivity contribution in [3.05, 3.63) is 35.4 Å². The van der Waals surface area contributed by atoms with E-state index in [0.29, 0.717) is 6.42 Å². The molecule has 0 saturated heterocycles. The van der Waals surface area contributed by atoms with Crippen LogP contribution in [0.3, 0.4) is 0 Å². The Morgan fingerprint density at radius 3 is 1.62 bits per heavy atom. The first-order valence-electron chi connectivity index (χ1n) is 14.8. The van der Waals surface area contributed by atoms with E-state index in [1.807, 2.05) is 13.8 Å². The molecule has 1 aromatic carbocycles. The normalized spacial score (nSPS) is 12.1. The Bertz CT molecular complexity index is 734. The highest BCUT2D eigenvalue weighted by molar-refractivity contribution is 5.97. The van der Waals surface area contributed by atoms with Crippen molar-refractivity contribution >= 4 is 11.9 Å². The summed E-state index contributed by atoms with van der Waals surface area (Å²) in [7, 11) is 0. The molecule has 0 heterocycles. The Balaban J connectivity index is 2.13. The lowest BCUT2D eigenvalue weighted by Crippen LogP contribution is -2.43. The molecule has 0 aliphatic heterocycles. The van der Waals surface area contributed by atoms with Crippen LogP contribution in [0.1, 0.15) is 140 Å². The fraction of sp³-hybridized carbons (Fsp3) is 0.742. The van der Waals surface area contributed by atoms with Crippen molar-refractivity contribution in [3.8, 4) is 0 Å². The monoisotopic (exact) mass is 523 g/mol. The van der Waals surface area contributed by atoms with E-state index in [0.717, 1.165) is 31.4 Å². The maximum Gasteiger partial charge on any atom is 0.328 e. The summed E-state index contributed by atoms with van der Waals surface area (Å²) in [5, 5.41) is 2.46. The molecule has 1 N–H and O–H groups in total. The zero-order valence-corrected chi connectivity index (χ0v) is 23.6. The SMILES string of the molecule is CCCCCCCCCCCCCCCCCCOC(=O)C(CC(C)C)NC(=O)c1c(F)cccc1F. The first-order valence-corrected chi connectivity index (χ1v) is 14.8. The number of halogens is 2. The predicted octanol–water partition coefficient (Wildman–Crippen LogP) is 8.91. The van der Waals surface area contributed by atoms with Gasteiger partial charge in [0.25, 0.3) is 5.91 Å². The van der Waals surface area contributed by atoms with Gasteiger partial charge in [0.15, 0.2) is 0 Å². The topological polar surface area (TPSA) is 55.4 Å². The fourth-order valence-corrected chi connectivity index (χ4v) is 4.55. The molecule has 0 saturated carbocycles. The standard InChI is InChI=1S/C31H51F2NO3/c1-4-5-6-7-8-9-10-11-12-13-14-15-16-17-18-19-23-37-31(36)28(24-25(2)3)34-30(35)29-26(32)21-20-22-27(29)33/h20-22,25,28H,4-19,23-24H2,1-3H3,(H,34,35). The average molecular weight is 524 g/mol. The van der Waals surface area contributed by atoms with E-state index in [4.69, 9.17) is 4.74 Å². The smallest absolute Gasteiger partial charge is 0.328 e. The number of carbonyl (C=O) groups excluding carboxylic acids is 2. The Morgan fingerprint density at radius 1 is 0.757 bits per heavy atom.